The number of aromatic nitrogens is 4. The zero-order valence-corrected chi connectivity index (χ0v) is 43.3. The molecule has 4 atom stereocenters. The van der Waals surface area contributed by atoms with Crippen LogP contribution in [0, 0.1) is 11.8 Å². The quantitative estimate of drug-likeness (QED) is 0.0979. The molecule has 384 valence electrons. The number of hydrogen-bond acceptors (Lipinski definition) is 12. The molecule has 0 bridgehead atoms. The number of carbonyl (C=O) groups is 4. The number of nitrogens with two attached hydrogens (primary N) is 1. The molecule has 4 aliphatic rings. The zero-order valence-electron chi connectivity index (χ0n) is 41.8. The van der Waals surface area contributed by atoms with Gasteiger partial charge in [0.15, 0.2) is 17.4 Å². The first-order valence-electron chi connectivity index (χ1n) is 23.9. The lowest BCUT2D eigenvalue weighted by atomic mass is 9.96. The van der Waals surface area contributed by atoms with Gasteiger partial charge in [0.2, 0.25) is 5.91 Å². The summed E-state index contributed by atoms with van der Waals surface area (Å²) in [5.74, 6) is -0.610. The highest BCUT2D eigenvalue weighted by Gasteiger charge is 2.37. The number of nitrogen functional groups attached to an aromatic ring is 1. The maximum absolute atomic E-state index is 13.4. The number of ether oxygens (including phenoxy) is 5. The molecule has 0 spiro atoms. The number of halogens is 2. The Morgan fingerprint density at radius 2 is 1.31 bits per heavy atom. The SMILES string of the molecule is CC(C)C[C@@H](C(=O)Cc1ccn(C[C@@H]2COC(C)(C)O2)n1)N1CC(Oc2ccccc2Cl)=CC1=O.CC(C)C[C@@H](C(=O)O)N1CC(Cc2ccccc2Cl)=CC1=O.CC1(C)OC[C@@H](Cn2ccc(N)n2)O1. The van der Waals surface area contributed by atoms with Crippen LogP contribution < -0.4 is 10.5 Å². The molecule has 2 fully saturated rings. The standard InChI is InChI=1S/C26H32ClN3O5.C17H20ClNO3.C9H15N3O2/c1-17(2)11-22(30-15-19(13-25(30)32)34-24-8-6-5-7-21(24)27)23(31)12-18-9-10-29(28-18)14-20-16-33-26(3,4)35-20;1-11(2)7-15(17(21)22)19-10-12(9-16(19)20)8-13-5-3-4-6-14(13)18;1-9(2)13-6-7(14-9)5-12-4-3-8(10)11-12/h5-10,13,17,20,22H,11-12,14-16H2,1-4H3;3-6,9,11,15H,7-8,10H2,1-2H3,(H,21,22);3-4,7H,5-6H2,1-2H3,(H2,10,11)/t20-,22+;15-;7-/m101/s1. The van der Waals surface area contributed by atoms with E-state index in [-0.39, 0.29) is 54.6 Å². The average Bonchev–Trinajstić information content (AvgIpc) is 4.16. The summed E-state index contributed by atoms with van der Waals surface area (Å²) in [4.78, 5) is 52.8. The third-order valence-corrected chi connectivity index (χ3v) is 12.4. The number of para-hydroxylation sites is 1. The number of amides is 2. The summed E-state index contributed by atoms with van der Waals surface area (Å²) in [7, 11) is 0. The molecule has 8 rings (SSSR count). The molecule has 0 radical (unpaired) electrons. The Kier molecular flexibility index (Phi) is 18.7. The molecule has 4 aliphatic heterocycles. The van der Waals surface area contributed by atoms with Gasteiger partial charge in [-0.3, -0.25) is 23.7 Å². The van der Waals surface area contributed by atoms with Crippen molar-refractivity contribution in [2.24, 2.45) is 11.8 Å². The number of anilines is 1. The van der Waals surface area contributed by atoms with E-state index in [0.717, 1.165) is 11.1 Å². The number of nitrogens with zero attached hydrogens (tertiary/aromatic N) is 6. The van der Waals surface area contributed by atoms with Crippen LogP contribution in [0.2, 0.25) is 10.0 Å². The van der Waals surface area contributed by atoms with Crippen molar-refractivity contribution in [1.82, 2.24) is 29.4 Å². The van der Waals surface area contributed by atoms with Gasteiger partial charge in [-0.25, -0.2) is 4.79 Å². The van der Waals surface area contributed by atoms with Gasteiger partial charge < -0.3 is 44.3 Å². The molecule has 6 heterocycles. The van der Waals surface area contributed by atoms with Crippen molar-refractivity contribution in [1.29, 1.82) is 0 Å². The predicted octanol–water partition coefficient (Wildman–Crippen LogP) is 7.79. The van der Waals surface area contributed by atoms with Gasteiger partial charge in [0.1, 0.15) is 35.6 Å². The minimum atomic E-state index is -0.950. The molecule has 0 unspecified atom stereocenters. The summed E-state index contributed by atoms with van der Waals surface area (Å²) in [5.41, 5.74) is 8.00. The molecule has 4 aromatic rings. The molecular weight excluding hydrogens is 954 g/mol. The maximum atomic E-state index is 13.4. The van der Waals surface area contributed by atoms with Gasteiger partial charge in [-0.05, 0) is 100 Å². The first-order valence-corrected chi connectivity index (χ1v) is 24.7. The third kappa shape index (κ3) is 16.2. The molecule has 0 aliphatic carbocycles. The summed E-state index contributed by atoms with van der Waals surface area (Å²) >= 11 is 12.3. The highest BCUT2D eigenvalue weighted by molar-refractivity contribution is 6.32. The van der Waals surface area contributed by atoms with Crippen LogP contribution in [0.4, 0.5) is 5.82 Å². The smallest absolute Gasteiger partial charge is 0.326 e. The van der Waals surface area contributed by atoms with E-state index in [0.29, 0.717) is 85.2 Å². The van der Waals surface area contributed by atoms with E-state index in [1.54, 1.807) is 38.5 Å². The summed E-state index contributed by atoms with van der Waals surface area (Å²) in [6, 6.07) is 16.8. The van der Waals surface area contributed by atoms with Crippen molar-refractivity contribution in [3.8, 4) is 5.75 Å². The van der Waals surface area contributed by atoms with Gasteiger partial charge in [-0.1, -0.05) is 81.2 Å². The minimum Gasteiger partial charge on any atom is -0.480 e. The number of benzene rings is 2. The van der Waals surface area contributed by atoms with Crippen molar-refractivity contribution >= 4 is 52.6 Å². The van der Waals surface area contributed by atoms with Crippen molar-refractivity contribution in [3.63, 3.8) is 0 Å². The third-order valence-electron chi connectivity index (χ3n) is 11.8. The molecule has 2 aromatic heterocycles. The number of Topliss-reactive ketones (excluding diaryl/α,β-unsaturated/α-hetero) is 1. The number of carbonyl (C=O) groups excluding carboxylic acids is 3. The van der Waals surface area contributed by atoms with E-state index in [4.69, 9.17) is 52.6 Å². The van der Waals surface area contributed by atoms with Crippen molar-refractivity contribution in [2.75, 3.05) is 32.0 Å². The molecule has 2 aromatic carbocycles. The molecule has 17 nitrogen and oxygen atoms in total. The van der Waals surface area contributed by atoms with E-state index in [1.165, 1.54) is 11.0 Å². The van der Waals surface area contributed by atoms with Gasteiger partial charge in [0.05, 0.1) is 56.0 Å². The van der Waals surface area contributed by atoms with Crippen LogP contribution in [0.25, 0.3) is 0 Å². The minimum absolute atomic E-state index is 0.0497. The molecular formula is C52H67Cl2N7O10. The predicted molar refractivity (Wildman–Crippen MR) is 268 cm³/mol. The number of rotatable bonds is 18. The Hall–Kier alpha value is -5.56. The Bertz CT molecular complexity index is 2550. The van der Waals surface area contributed by atoms with Crippen LogP contribution >= 0.6 is 23.2 Å². The Balaban J connectivity index is 0.000000194. The molecule has 19 heteroatoms. The van der Waals surface area contributed by atoms with E-state index in [1.807, 2.05) is 110 Å². The first kappa shape index (κ1) is 54.8. The van der Waals surface area contributed by atoms with Gasteiger partial charge in [-0.2, -0.15) is 10.2 Å². The topological polar surface area (TPSA) is 203 Å². The van der Waals surface area contributed by atoms with E-state index >= 15 is 0 Å². The van der Waals surface area contributed by atoms with E-state index in [9.17, 15) is 24.3 Å². The van der Waals surface area contributed by atoms with Crippen LogP contribution in [0.3, 0.4) is 0 Å². The number of aliphatic carboxylic acids is 1. The fourth-order valence-corrected chi connectivity index (χ4v) is 8.93. The molecule has 2 saturated heterocycles. The lowest BCUT2D eigenvalue weighted by Gasteiger charge is -2.28. The number of hydrogen-bond donors (Lipinski definition) is 2. The van der Waals surface area contributed by atoms with Gasteiger partial charge in [-0.15, -0.1) is 0 Å². The van der Waals surface area contributed by atoms with Crippen molar-refractivity contribution < 1.29 is 48.0 Å². The lowest BCUT2D eigenvalue weighted by Crippen LogP contribution is -2.44. The lowest BCUT2D eigenvalue weighted by molar-refractivity contribution is -0.148. The number of ketones is 1. The van der Waals surface area contributed by atoms with Crippen molar-refractivity contribution in [2.45, 2.75) is 130 Å². The van der Waals surface area contributed by atoms with Gasteiger partial charge in [0, 0.05) is 36.1 Å². The second-order valence-electron chi connectivity index (χ2n) is 19.8. The Morgan fingerprint density at radius 3 is 1.86 bits per heavy atom. The molecule has 2 amide bonds. The second-order valence-corrected chi connectivity index (χ2v) is 20.6. The van der Waals surface area contributed by atoms with Crippen molar-refractivity contribution in [3.05, 3.63) is 118 Å². The molecule has 0 saturated carbocycles. The Morgan fingerprint density at radius 1 is 0.761 bits per heavy atom. The van der Waals surface area contributed by atoms with Crippen LogP contribution in [-0.2, 0) is 64.1 Å². The maximum Gasteiger partial charge on any atom is 0.326 e. The second kappa shape index (κ2) is 24.2. The fraction of sp³-hybridized carbons (Fsp3) is 0.500. The number of carboxylic acid groups (broad SMARTS) is 1. The molecule has 3 N–H and O–H groups in total. The summed E-state index contributed by atoms with van der Waals surface area (Å²) in [5, 5.41) is 19.1. The number of carboxylic acids is 1. The average molecular weight is 1020 g/mol. The first-order chi connectivity index (χ1) is 33.5. The van der Waals surface area contributed by atoms with Gasteiger partial charge >= 0.3 is 5.97 Å². The van der Waals surface area contributed by atoms with E-state index in [2.05, 4.69) is 10.2 Å². The van der Waals surface area contributed by atoms with Crippen LogP contribution in [-0.4, -0.2) is 120 Å². The van der Waals surface area contributed by atoms with Crippen LogP contribution in [0.5, 0.6) is 5.75 Å². The van der Waals surface area contributed by atoms with Gasteiger partial charge in [0.25, 0.3) is 5.91 Å². The summed E-state index contributed by atoms with van der Waals surface area (Å²) in [6.07, 6.45) is 8.34. The normalized spacial score (nSPS) is 20.1. The molecule has 71 heavy (non-hydrogen) atoms. The highest BCUT2D eigenvalue weighted by atomic mass is 35.5. The summed E-state index contributed by atoms with van der Waals surface area (Å²) in [6.45, 7) is 18.5. The van der Waals surface area contributed by atoms with Crippen LogP contribution in [0.15, 0.2) is 96.5 Å². The van der Waals surface area contributed by atoms with E-state index < -0.39 is 29.6 Å². The fourth-order valence-electron chi connectivity index (χ4n) is 8.55. The Labute approximate surface area is 425 Å². The largest absolute Gasteiger partial charge is 0.480 e. The van der Waals surface area contributed by atoms with Crippen LogP contribution in [0.1, 0.15) is 79.5 Å². The highest BCUT2D eigenvalue weighted by Crippen LogP contribution is 2.30. The zero-order chi connectivity index (χ0) is 51.6. The monoisotopic (exact) mass is 1020 g/mol. The summed E-state index contributed by atoms with van der Waals surface area (Å²) < 4.78 is 31.9.